The molecule has 0 saturated heterocycles. The SMILES string of the molecule is O=C1CC[C@@]2(O)C(c3ccccc3)=CC[C@H]12. The van der Waals surface area contributed by atoms with Crippen LogP contribution < -0.4 is 0 Å². The van der Waals surface area contributed by atoms with Crippen LogP contribution >= 0.6 is 0 Å². The van der Waals surface area contributed by atoms with Crippen LogP contribution in [0.1, 0.15) is 24.8 Å². The Kier molecular flexibility index (Phi) is 2.01. The fraction of sp³-hybridized carbons (Fsp3) is 0.357. The first kappa shape index (κ1) is 9.79. The van der Waals surface area contributed by atoms with Gasteiger partial charge in [-0.3, -0.25) is 4.79 Å². The van der Waals surface area contributed by atoms with Gasteiger partial charge in [0.15, 0.2) is 0 Å². The van der Waals surface area contributed by atoms with Crippen molar-refractivity contribution in [1.29, 1.82) is 0 Å². The van der Waals surface area contributed by atoms with E-state index in [9.17, 15) is 9.90 Å². The van der Waals surface area contributed by atoms with E-state index in [0.717, 1.165) is 11.1 Å². The first-order valence-corrected chi connectivity index (χ1v) is 5.73. The second-order valence-electron chi connectivity index (χ2n) is 4.66. The Hall–Kier alpha value is -1.41. The standard InChI is InChI=1S/C14H14O2/c15-13-8-9-14(16)11(6-7-12(13)14)10-4-2-1-3-5-10/h1-6,12,16H,7-9H2/t12-,14-/m1/s1. The van der Waals surface area contributed by atoms with Crippen LogP contribution in [0.25, 0.3) is 5.57 Å². The van der Waals surface area contributed by atoms with Crippen LogP contribution in [-0.4, -0.2) is 16.5 Å². The summed E-state index contributed by atoms with van der Waals surface area (Å²) in [4.78, 5) is 11.6. The Morgan fingerprint density at radius 1 is 1.25 bits per heavy atom. The molecule has 1 fully saturated rings. The van der Waals surface area contributed by atoms with Gasteiger partial charge in [-0.25, -0.2) is 0 Å². The highest BCUT2D eigenvalue weighted by Gasteiger charge is 2.51. The second kappa shape index (κ2) is 3.29. The number of fused-ring (bicyclic) bond motifs is 1. The average molecular weight is 214 g/mol. The third kappa shape index (κ3) is 1.20. The van der Waals surface area contributed by atoms with Crippen molar-refractivity contribution in [2.45, 2.75) is 24.9 Å². The van der Waals surface area contributed by atoms with E-state index in [0.29, 0.717) is 19.3 Å². The smallest absolute Gasteiger partial charge is 0.139 e. The number of allylic oxidation sites excluding steroid dienone is 1. The molecule has 16 heavy (non-hydrogen) atoms. The molecule has 0 aromatic heterocycles. The van der Waals surface area contributed by atoms with Crippen LogP contribution in [0.4, 0.5) is 0 Å². The number of aliphatic hydroxyl groups is 1. The molecule has 0 spiro atoms. The first-order chi connectivity index (χ1) is 7.72. The zero-order chi connectivity index (χ0) is 11.2. The van der Waals surface area contributed by atoms with E-state index in [1.165, 1.54) is 0 Å². The van der Waals surface area contributed by atoms with Gasteiger partial charge in [0.2, 0.25) is 0 Å². The molecule has 82 valence electrons. The molecular weight excluding hydrogens is 200 g/mol. The zero-order valence-electron chi connectivity index (χ0n) is 9.02. The van der Waals surface area contributed by atoms with Gasteiger partial charge in [-0.05, 0) is 24.0 Å². The fourth-order valence-corrected chi connectivity index (χ4v) is 2.98. The summed E-state index contributed by atoms with van der Waals surface area (Å²) in [5, 5.41) is 10.6. The van der Waals surface area contributed by atoms with Crippen molar-refractivity contribution < 1.29 is 9.90 Å². The van der Waals surface area contributed by atoms with Crippen molar-refractivity contribution in [2.75, 3.05) is 0 Å². The van der Waals surface area contributed by atoms with Crippen LogP contribution in [0, 0.1) is 5.92 Å². The number of hydrogen-bond donors (Lipinski definition) is 1. The average Bonchev–Trinajstić information content (AvgIpc) is 2.78. The van der Waals surface area contributed by atoms with Gasteiger partial charge in [0.05, 0.1) is 5.92 Å². The predicted molar refractivity (Wildman–Crippen MR) is 61.7 cm³/mol. The number of ketones is 1. The highest BCUT2D eigenvalue weighted by molar-refractivity contribution is 5.93. The molecule has 2 nitrogen and oxygen atoms in total. The fourth-order valence-electron chi connectivity index (χ4n) is 2.98. The Bertz CT molecular complexity index is 461. The van der Waals surface area contributed by atoms with E-state index in [4.69, 9.17) is 0 Å². The van der Waals surface area contributed by atoms with E-state index in [1.54, 1.807) is 0 Å². The molecule has 0 amide bonds. The molecule has 1 N–H and O–H groups in total. The van der Waals surface area contributed by atoms with Crippen LogP contribution in [0.5, 0.6) is 0 Å². The van der Waals surface area contributed by atoms with E-state index >= 15 is 0 Å². The third-order valence-electron chi connectivity index (χ3n) is 3.83. The molecule has 0 aliphatic heterocycles. The van der Waals surface area contributed by atoms with Gasteiger partial charge in [0.25, 0.3) is 0 Å². The molecule has 0 unspecified atom stereocenters. The lowest BCUT2D eigenvalue weighted by Gasteiger charge is -2.26. The van der Waals surface area contributed by atoms with Gasteiger partial charge in [0, 0.05) is 6.42 Å². The van der Waals surface area contributed by atoms with Crippen LogP contribution in [0.2, 0.25) is 0 Å². The lowest BCUT2D eigenvalue weighted by molar-refractivity contribution is -0.122. The normalized spacial score (nSPS) is 32.7. The summed E-state index contributed by atoms with van der Waals surface area (Å²) in [6, 6.07) is 9.87. The molecule has 1 aromatic rings. The van der Waals surface area contributed by atoms with Crippen molar-refractivity contribution in [3.8, 4) is 0 Å². The minimum absolute atomic E-state index is 0.192. The van der Waals surface area contributed by atoms with Crippen molar-refractivity contribution in [1.82, 2.24) is 0 Å². The Morgan fingerprint density at radius 2 is 2.00 bits per heavy atom. The van der Waals surface area contributed by atoms with Gasteiger partial charge < -0.3 is 5.11 Å². The number of Topliss-reactive ketones (excluding diaryl/α,β-unsaturated/α-hetero) is 1. The summed E-state index contributed by atoms with van der Waals surface area (Å²) in [6.45, 7) is 0. The molecule has 2 atom stereocenters. The third-order valence-corrected chi connectivity index (χ3v) is 3.83. The molecule has 1 aromatic carbocycles. The molecular formula is C14H14O2. The molecule has 2 aliphatic rings. The summed E-state index contributed by atoms with van der Waals surface area (Å²) in [7, 11) is 0. The van der Waals surface area contributed by atoms with Gasteiger partial charge in [-0.15, -0.1) is 0 Å². The molecule has 0 bridgehead atoms. The zero-order valence-corrected chi connectivity index (χ0v) is 9.02. The Balaban J connectivity index is 2.03. The largest absolute Gasteiger partial charge is 0.384 e. The van der Waals surface area contributed by atoms with Crippen LogP contribution in [0.15, 0.2) is 36.4 Å². The van der Waals surface area contributed by atoms with Gasteiger partial charge in [-0.2, -0.15) is 0 Å². The van der Waals surface area contributed by atoms with E-state index < -0.39 is 5.60 Å². The monoisotopic (exact) mass is 214 g/mol. The van der Waals surface area contributed by atoms with Crippen molar-refractivity contribution in [3.05, 3.63) is 42.0 Å². The summed E-state index contributed by atoms with van der Waals surface area (Å²) >= 11 is 0. The van der Waals surface area contributed by atoms with Crippen LogP contribution in [0.3, 0.4) is 0 Å². The second-order valence-corrected chi connectivity index (χ2v) is 4.66. The van der Waals surface area contributed by atoms with Crippen molar-refractivity contribution >= 4 is 11.4 Å². The number of carbonyl (C=O) groups is 1. The molecule has 0 heterocycles. The molecule has 3 rings (SSSR count). The van der Waals surface area contributed by atoms with Gasteiger partial charge in [-0.1, -0.05) is 36.4 Å². The van der Waals surface area contributed by atoms with E-state index in [2.05, 4.69) is 0 Å². The molecule has 1 saturated carbocycles. The lowest BCUT2D eigenvalue weighted by atomic mass is 9.85. The highest BCUT2D eigenvalue weighted by atomic mass is 16.3. The summed E-state index contributed by atoms with van der Waals surface area (Å²) < 4.78 is 0. The van der Waals surface area contributed by atoms with E-state index in [1.807, 2.05) is 36.4 Å². The Labute approximate surface area is 94.6 Å². The number of benzene rings is 1. The summed E-state index contributed by atoms with van der Waals surface area (Å²) in [6.07, 6.45) is 3.82. The van der Waals surface area contributed by atoms with Crippen LogP contribution in [-0.2, 0) is 4.79 Å². The van der Waals surface area contributed by atoms with Crippen molar-refractivity contribution in [3.63, 3.8) is 0 Å². The molecule has 2 aliphatic carbocycles. The predicted octanol–water partition coefficient (Wildman–Crippen LogP) is 2.18. The minimum atomic E-state index is -0.890. The summed E-state index contributed by atoms with van der Waals surface area (Å²) in [5.74, 6) is 0.0207. The minimum Gasteiger partial charge on any atom is -0.384 e. The lowest BCUT2D eigenvalue weighted by Crippen LogP contribution is -2.32. The summed E-state index contributed by atoms with van der Waals surface area (Å²) in [5.41, 5.74) is 1.10. The van der Waals surface area contributed by atoms with Gasteiger partial charge >= 0.3 is 0 Å². The van der Waals surface area contributed by atoms with Gasteiger partial charge in [0.1, 0.15) is 11.4 Å². The maximum atomic E-state index is 11.6. The number of rotatable bonds is 1. The number of hydrogen-bond acceptors (Lipinski definition) is 2. The quantitative estimate of drug-likeness (QED) is 0.778. The van der Waals surface area contributed by atoms with Crippen molar-refractivity contribution in [2.24, 2.45) is 5.92 Å². The topological polar surface area (TPSA) is 37.3 Å². The highest BCUT2D eigenvalue weighted by Crippen LogP contribution is 2.49. The number of carbonyl (C=O) groups excluding carboxylic acids is 1. The maximum Gasteiger partial charge on any atom is 0.139 e. The molecule has 0 radical (unpaired) electrons. The van der Waals surface area contributed by atoms with E-state index in [-0.39, 0.29) is 11.7 Å². The maximum absolute atomic E-state index is 11.6. The molecule has 2 heteroatoms. The Morgan fingerprint density at radius 3 is 2.75 bits per heavy atom. The first-order valence-electron chi connectivity index (χ1n) is 5.73.